The molecule has 1 heterocycles. The second kappa shape index (κ2) is 6.81. The van der Waals surface area contributed by atoms with Crippen molar-refractivity contribution in [2.24, 2.45) is 0 Å². The number of hydrogen-bond donors (Lipinski definition) is 1. The Kier molecular flexibility index (Phi) is 5.07. The highest BCUT2D eigenvalue weighted by Crippen LogP contribution is 2.21. The lowest BCUT2D eigenvalue weighted by Crippen LogP contribution is -2.23. The van der Waals surface area contributed by atoms with Crippen LogP contribution in [0.1, 0.15) is 41.0 Å². The molecule has 3 heteroatoms. The van der Waals surface area contributed by atoms with Crippen molar-refractivity contribution in [2.45, 2.75) is 40.2 Å². The minimum atomic E-state index is -0.128. The Hall–Kier alpha value is -1.74. The number of benzene rings is 1. The second-order valence-electron chi connectivity index (χ2n) is 5.60. The summed E-state index contributed by atoms with van der Waals surface area (Å²) in [5.74, 6) is -0.128. The Labute approximate surface area is 126 Å². The number of rotatable bonds is 5. The van der Waals surface area contributed by atoms with Gasteiger partial charge in [0.15, 0.2) is 0 Å². The molecule has 1 aromatic heterocycles. The van der Waals surface area contributed by atoms with Gasteiger partial charge >= 0.3 is 0 Å². The molecule has 0 radical (unpaired) electrons. The molecule has 112 valence electrons. The van der Waals surface area contributed by atoms with Gasteiger partial charge in [0.25, 0.3) is 0 Å². The summed E-state index contributed by atoms with van der Waals surface area (Å²) in [5, 5.41) is 3.47. The van der Waals surface area contributed by atoms with E-state index in [0.717, 1.165) is 23.5 Å². The van der Waals surface area contributed by atoms with E-state index in [0.29, 0.717) is 6.42 Å². The van der Waals surface area contributed by atoms with Gasteiger partial charge < -0.3 is 5.32 Å². The summed E-state index contributed by atoms with van der Waals surface area (Å²) in [5.41, 5.74) is 5.37. The average molecular weight is 286 g/mol. The number of nitrogens with zero attached hydrogens (tertiary/aromatic N) is 1. The molecule has 0 fully saturated rings. The molecule has 2 rings (SSSR count). The number of nitrogens with one attached hydrogen (secondary N) is 1. The first-order valence-electron chi connectivity index (χ1n) is 7.40. The van der Waals surface area contributed by atoms with Crippen molar-refractivity contribution in [3.63, 3.8) is 0 Å². The lowest BCUT2D eigenvalue weighted by molar-refractivity contribution is 0.554. The number of hydrogen-bond acceptors (Lipinski definition) is 2. The predicted molar refractivity (Wildman–Crippen MR) is 85.0 cm³/mol. The molecule has 0 amide bonds. The number of aromatic nitrogens is 1. The second-order valence-corrected chi connectivity index (χ2v) is 5.60. The molecule has 2 aromatic rings. The summed E-state index contributed by atoms with van der Waals surface area (Å²) in [7, 11) is 0. The van der Waals surface area contributed by atoms with Crippen molar-refractivity contribution in [3.05, 3.63) is 64.2 Å². The zero-order valence-electron chi connectivity index (χ0n) is 13.2. The molecular weight excluding hydrogens is 263 g/mol. The molecule has 0 spiro atoms. The maximum Gasteiger partial charge on any atom is 0.126 e. The summed E-state index contributed by atoms with van der Waals surface area (Å²) >= 11 is 0. The standard InChI is InChI=1S/C18H23FN2/c1-12-11-13(2)21-15(4)18(12)14(3)20-10-9-16-7-5-6-8-17(16)19/h5-8,11,14,20H,9-10H2,1-4H3. The van der Waals surface area contributed by atoms with E-state index >= 15 is 0 Å². The molecule has 0 aliphatic heterocycles. The van der Waals surface area contributed by atoms with Gasteiger partial charge in [-0.1, -0.05) is 18.2 Å². The molecule has 0 bridgehead atoms. The van der Waals surface area contributed by atoms with Crippen LogP contribution in [0.4, 0.5) is 4.39 Å². The molecule has 1 atom stereocenters. The Morgan fingerprint density at radius 1 is 1.19 bits per heavy atom. The summed E-state index contributed by atoms with van der Waals surface area (Å²) in [6.45, 7) is 9.05. The van der Waals surface area contributed by atoms with Gasteiger partial charge in [0.2, 0.25) is 0 Å². The van der Waals surface area contributed by atoms with Crippen molar-refractivity contribution < 1.29 is 4.39 Å². The molecule has 1 N–H and O–H groups in total. The fourth-order valence-corrected chi connectivity index (χ4v) is 2.91. The van der Waals surface area contributed by atoms with Crippen LogP contribution in [0.15, 0.2) is 30.3 Å². The van der Waals surface area contributed by atoms with Crippen LogP contribution in [0.2, 0.25) is 0 Å². The monoisotopic (exact) mass is 286 g/mol. The third-order valence-electron chi connectivity index (χ3n) is 3.82. The summed E-state index contributed by atoms with van der Waals surface area (Å²) in [6, 6.07) is 9.27. The molecule has 0 aliphatic rings. The Morgan fingerprint density at radius 2 is 1.90 bits per heavy atom. The van der Waals surface area contributed by atoms with Crippen molar-refractivity contribution in [1.82, 2.24) is 10.3 Å². The van der Waals surface area contributed by atoms with Crippen LogP contribution in [-0.4, -0.2) is 11.5 Å². The zero-order valence-corrected chi connectivity index (χ0v) is 13.2. The van der Waals surface area contributed by atoms with Gasteiger partial charge in [0, 0.05) is 17.4 Å². The van der Waals surface area contributed by atoms with Gasteiger partial charge in [-0.3, -0.25) is 4.98 Å². The Bertz CT molecular complexity index is 599. The van der Waals surface area contributed by atoms with E-state index in [9.17, 15) is 4.39 Å². The van der Waals surface area contributed by atoms with Gasteiger partial charge in [-0.15, -0.1) is 0 Å². The Morgan fingerprint density at radius 3 is 2.57 bits per heavy atom. The highest BCUT2D eigenvalue weighted by Gasteiger charge is 2.12. The maximum atomic E-state index is 13.6. The molecule has 1 aromatic carbocycles. The number of halogens is 1. The summed E-state index contributed by atoms with van der Waals surface area (Å²) in [6.07, 6.45) is 0.689. The van der Waals surface area contributed by atoms with E-state index < -0.39 is 0 Å². The first kappa shape index (κ1) is 15.6. The molecule has 2 nitrogen and oxygen atoms in total. The van der Waals surface area contributed by atoms with Crippen molar-refractivity contribution in [3.8, 4) is 0 Å². The number of aryl methyl sites for hydroxylation is 3. The van der Waals surface area contributed by atoms with Crippen molar-refractivity contribution in [2.75, 3.05) is 6.54 Å². The first-order chi connectivity index (χ1) is 9.99. The van der Waals surface area contributed by atoms with E-state index in [-0.39, 0.29) is 11.9 Å². The van der Waals surface area contributed by atoms with E-state index in [2.05, 4.69) is 30.2 Å². The molecule has 0 aliphatic carbocycles. The number of pyridine rings is 1. The molecule has 0 saturated heterocycles. The average Bonchev–Trinajstić information content (AvgIpc) is 2.39. The van der Waals surface area contributed by atoms with Crippen LogP contribution in [0.5, 0.6) is 0 Å². The van der Waals surface area contributed by atoms with Crippen LogP contribution in [-0.2, 0) is 6.42 Å². The van der Waals surface area contributed by atoms with Crippen LogP contribution < -0.4 is 5.32 Å². The Balaban J connectivity index is 2.00. The fraction of sp³-hybridized carbons (Fsp3) is 0.389. The minimum absolute atomic E-state index is 0.128. The van der Waals surface area contributed by atoms with Crippen LogP contribution in [0, 0.1) is 26.6 Å². The summed E-state index contributed by atoms with van der Waals surface area (Å²) in [4.78, 5) is 4.54. The third kappa shape index (κ3) is 3.88. The zero-order chi connectivity index (χ0) is 15.4. The molecule has 1 unspecified atom stereocenters. The first-order valence-corrected chi connectivity index (χ1v) is 7.40. The quantitative estimate of drug-likeness (QED) is 0.897. The van der Waals surface area contributed by atoms with Crippen molar-refractivity contribution >= 4 is 0 Å². The highest BCUT2D eigenvalue weighted by molar-refractivity contribution is 5.33. The smallest absolute Gasteiger partial charge is 0.126 e. The van der Waals surface area contributed by atoms with Gasteiger partial charge in [0.1, 0.15) is 5.82 Å². The van der Waals surface area contributed by atoms with Gasteiger partial charge in [0.05, 0.1) is 0 Å². The third-order valence-corrected chi connectivity index (χ3v) is 3.82. The topological polar surface area (TPSA) is 24.9 Å². The van der Waals surface area contributed by atoms with E-state index in [4.69, 9.17) is 0 Å². The van der Waals surface area contributed by atoms with Crippen LogP contribution >= 0.6 is 0 Å². The lowest BCUT2D eigenvalue weighted by atomic mass is 10.00. The lowest BCUT2D eigenvalue weighted by Gasteiger charge is -2.19. The van der Waals surface area contributed by atoms with Crippen LogP contribution in [0.25, 0.3) is 0 Å². The van der Waals surface area contributed by atoms with E-state index in [1.54, 1.807) is 6.07 Å². The normalized spacial score (nSPS) is 12.4. The SMILES string of the molecule is Cc1cc(C)c(C(C)NCCc2ccccc2F)c(C)n1. The van der Waals surface area contributed by atoms with E-state index in [1.165, 1.54) is 17.2 Å². The molecule has 21 heavy (non-hydrogen) atoms. The highest BCUT2D eigenvalue weighted by atomic mass is 19.1. The fourth-order valence-electron chi connectivity index (χ4n) is 2.91. The maximum absolute atomic E-state index is 13.6. The van der Waals surface area contributed by atoms with Gasteiger partial charge in [-0.05, 0) is 69.5 Å². The van der Waals surface area contributed by atoms with Gasteiger partial charge in [-0.2, -0.15) is 0 Å². The largest absolute Gasteiger partial charge is 0.310 e. The minimum Gasteiger partial charge on any atom is -0.310 e. The van der Waals surface area contributed by atoms with E-state index in [1.807, 2.05) is 26.0 Å². The van der Waals surface area contributed by atoms with Crippen LogP contribution in [0.3, 0.4) is 0 Å². The molecule has 0 saturated carbocycles. The molecular formula is C18H23FN2. The van der Waals surface area contributed by atoms with Gasteiger partial charge in [-0.25, -0.2) is 4.39 Å². The van der Waals surface area contributed by atoms with Crippen molar-refractivity contribution in [1.29, 1.82) is 0 Å². The summed E-state index contributed by atoms with van der Waals surface area (Å²) < 4.78 is 13.6. The predicted octanol–water partition coefficient (Wildman–Crippen LogP) is 4.04.